The maximum Gasteiger partial charge on any atom is 0.494 e. The van der Waals surface area contributed by atoms with Crippen LogP contribution in [0.1, 0.15) is 80.1 Å². The zero-order chi connectivity index (χ0) is 23.0. The number of aromatic amines is 1. The molecule has 2 aromatic rings. The number of thiol groups is 1. The van der Waals surface area contributed by atoms with E-state index in [0.29, 0.717) is 0 Å². The Kier molecular flexibility index (Phi) is 7.02. The van der Waals surface area contributed by atoms with E-state index < -0.39 is 0 Å². The van der Waals surface area contributed by atoms with Gasteiger partial charge in [0.1, 0.15) is 5.82 Å². The number of hydrogen-bond acceptors (Lipinski definition) is 5. The molecule has 2 aliphatic heterocycles. The van der Waals surface area contributed by atoms with Crippen LogP contribution < -0.4 is 5.46 Å². The molecule has 7 heteroatoms. The molecular weight excluding hydrogens is 405 g/mol. The number of H-pyrrole nitrogens is 1. The number of rotatable bonds is 3. The first-order valence-corrected chi connectivity index (χ1v) is 11.9. The van der Waals surface area contributed by atoms with E-state index in [2.05, 4.69) is 75.1 Å². The molecule has 0 saturated carbocycles. The zero-order valence-electron chi connectivity index (χ0n) is 20.3. The van der Waals surface area contributed by atoms with Gasteiger partial charge in [0.25, 0.3) is 0 Å². The number of nitrogens with one attached hydrogen (secondary N) is 1. The first-order valence-electron chi connectivity index (χ1n) is 11.5. The molecule has 0 amide bonds. The number of piperidine rings is 1. The van der Waals surface area contributed by atoms with Crippen molar-refractivity contribution in [3.05, 3.63) is 36.3 Å². The molecule has 1 unspecified atom stereocenters. The van der Waals surface area contributed by atoms with Gasteiger partial charge in [0.05, 0.1) is 29.1 Å². The Bertz CT molecular complexity index is 863. The van der Waals surface area contributed by atoms with Crippen LogP contribution >= 0.6 is 12.8 Å². The van der Waals surface area contributed by atoms with Gasteiger partial charge in [0, 0.05) is 6.54 Å². The monoisotopic (exact) mass is 443 g/mol. The Balaban J connectivity index is 0.00000132. The van der Waals surface area contributed by atoms with Gasteiger partial charge in [0.2, 0.25) is 0 Å². The summed E-state index contributed by atoms with van der Waals surface area (Å²) in [6.07, 6.45) is 4.26. The molecule has 0 aliphatic carbocycles. The maximum absolute atomic E-state index is 6.16. The van der Waals surface area contributed by atoms with Crippen molar-refractivity contribution >= 4 is 25.4 Å². The molecule has 1 atom stereocenters. The van der Waals surface area contributed by atoms with Crippen LogP contribution in [-0.2, 0) is 9.31 Å². The largest absolute Gasteiger partial charge is 0.494 e. The summed E-state index contributed by atoms with van der Waals surface area (Å²) in [5.74, 6) is 0.981. The van der Waals surface area contributed by atoms with Gasteiger partial charge < -0.3 is 14.3 Å². The molecule has 0 radical (unpaired) electrons. The highest BCUT2D eigenvalue weighted by Crippen LogP contribution is 2.45. The highest BCUT2D eigenvalue weighted by atomic mass is 32.1. The van der Waals surface area contributed by atoms with E-state index in [4.69, 9.17) is 27.1 Å². The van der Waals surface area contributed by atoms with Crippen LogP contribution in [0.4, 0.5) is 0 Å². The summed E-state index contributed by atoms with van der Waals surface area (Å²) >= 11 is 4.71. The molecule has 2 aliphatic rings. The third kappa shape index (κ3) is 4.75. The SMILES string of the molecule is CC.CC1(C)CCCN(S)C1c1ncc(-c2ccc(B3OC(C)(C)C(C)(C)O3)cc2)[nH]1. The highest BCUT2D eigenvalue weighted by Gasteiger charge is 2.51. The minimum atomic E-state index is -0.341. The van der Waals surface area contributed by atoms with Crippen molar-refractivity contribution < 1.29 is 9.31 Å². The summed E-state index contributed by atoms with van der Waals surface area (Å²) in [7, 11) is -0.341. The predicted octanol–water partition coefficient (Wildman–Crippen LogP) is 5.41. The van der Waals surface area contributed by atoms with Crippen LogP contribution in [0.5, 0.6) is 0 Å². The standard InChI is InChI=1S/C22H32BN3O2S.C2H6/c1-20(2)12-7-13-26(29)18(20)19-24-14-17(25-19)15-8-10-16(11-9-15)23-27-21(3,4)22(5,6)28-23;1-2/h8-11,14,18,29H,7,12-13H2,1-6H3,(H,24,25);1-2H3. The summed E-state index contributed by atoms with van der Waals surface area (Å²) in [6, 6.07) is 8.53. The lowest BCUT2D eigenvalue weighted by Gasteiger charge is -2.42. The van der Waals surface area contributed by atoms with E-state index in [1.807, 2.05) is 20.0 Å². The average Bonchev–Trinajstić information content (AvgIpc) is 3.25. The second-order valence-electron chi connectivity index (χ2n) is 10.1. The molecule has 1 aromatic carbocycles. The van der Waals surface area contributed by atoms with Crippen molar-refractivity contribution in [1.29, 1.82) is 0 Å². The van der Waals surface area contributed by atoms with Crippen LogP contribution in [0.15, 0.2) is 30.5 Å². The lowest BCUT2D eigenvalue weighted by molar-refractivity contribution is 0.00578. The molecule has 1 aromatic heterocycles. The van der Waals surface area contributed by atoms with E-state index in [1.54, 1.807) is 0 Å². The zero-order valence-corrected chi connectivity index (χ0v) is 21.2. The van der Waals surface area contributed by atoms with Gasteiger partial charge in [-0.25, -0.2) is 9.29 Å². The Morgan fingerprint density at radius 3 is 2.16 bits per heavy atom. The quantitative estimate of drug-likeness (QED) is 0.492. The summed E-state index contributed by atoms with van der Waals surface area (Å²) in [4.78, 5) is 8.24. The third-order valence-electron chi connectivity index (χ3n) is 6.85. The van der Waals surface area contributed by atoms with Gasteiger partial charge in [-0.3, -0.25) is 0 Å². The molecule has 2 saturated heterocycles. The molecule has 0 spiro atoms. The van der Waals surface area contributed by atoms with Crippen molar-refractivity contribution in [1.82, 2.24) is 14.3 Å². The first kappa shape index (κ1) is 24.4. The predicted molar refractivity (Wildman–Crippen MR) is 133 cm³/mol. The van der Waals surface area contributed by atoms with Gasteiger partial charge in [-0.2, -0.15) is 0 Å². The molecule has 31 heavy (non-hydrogen) atoms. The molecule has 2 fully saturated rings. The van der Waals surface area contributed by atoms with Crippen molar-refractivity contribution in [2.75, 3.05) is 6.54 Å². The van der Waals surface area contributed by atoms with Crippen LogP contribution in [0.3, 0.4) is 0 Å². The molecule has 3 heterocycles. The van der Waals surface area contributed by atoms with Crippen LogP contribution in [0, 0.1) is 5.41 Å². The van der Waals surface area contributed by atoms with Crippen molar-refractivity contribution in [3.63, 3.8) is 0 Å². The number of imidazole rings is 1. The molecule has 0 bridgehead atoms. The first-order chi connectivity index (χ1) is 14.5. The Labute approximate surface area is 194 Å². The Morgan fingerprint density at radius 1 is 1.03 bits per heavy atom. The fourth-order valence-corrected chi connectivity index (χ4v) is 4.86. The average molecular weight is 443 g/mol. The molecule has 4 rings (SSSR count). The maximum atomic E-state index is 6.16. The number of aromatic nitrogens is 2. The summed E-state index contributed by atoms with van der Waals surface area (Å²) in [5.41, 5.74) is 2.62. The lowest BCUT2D eigenvalue weighted by Crippen LogP contribution is -2.41. The normalized spacial score (nSPS) is 24.5. The van der Waals surface area contributed by atoms with Crippen molar-refractivity contribution in [2.24, 2.45) is 5.41 Å². The molecule has 170 valence electrons. The minimum absolute atomic E-state index is 0.135. The number of hydrogen-bond donors (Lipinski definition) is 2. The summed E-state index contributed by atoms with van der Waals surface area (Å²) < 4.78 is 14.4. The third-order valence-corrected chi connectivity index (χ3v) is 7.28. The Hall–Kier alpha value is -1.28. The van der Waals surface area contributed by atoms with Crippen LogP contribution in [0.2, 0.25) is 0 Å². The van der Waals surface area contributed by atoms with Gasteiger partial charge in [-0.15, -0.1) is 0 Å². The summed E-state index contributed by atoms with van der Waals surface area (Å²) in [5, 5.41) is 0. The second-order valence-corrected chi connectivity index (χ2v) is 10.6. The van der Waals surface area contributed by atoms with Crippen molar-refractivity contribution in [3.8, 4) is 11.3 Å². The topological polar surface area (TPSA) is 50.4 Å². The van der Waals surface area contributed by atoms with Gasteiger partial charge in [-0.1, -0.05) is 64.8 Å². The lowest BCUT2D eigenvalue weighted by atomic mass is 9.77. The van der Waals surface area contributed by atoms with Crippen LogP contribution in [-0.4, -0.2) is 39.1 Å². The molecule has 5 nitrogen and oxygen atoms in total. The smallest absolute Gasteiger partial charge is 0.399 e. The van der Waals surface area contributed by atoms with Gasteiger partial charge >= 0.3 is 7.12 Å². The van der Waals surface area contributed by atoms with E-state index >= 15 is 0 Å². The van der Waals surface area contributed by atoms with E-state index in [9.17, 15) is 0 Å². The Morgan fingerprint density at radius 2 is 1.61 bits per heavy atom. The van der Waals surface area contributed by atoms with E-state index in [1.165, 1.54) is 12.8 Å². The van der Waals surface area contributed by atoms with Gasteiger partial charge in [0.15, 0.2) is 0 Å². The molecular formula is C24H38BN3O2S. The van der Waals surface area contributed by atoms with Crippen LogP contribution in [0.25, 0.3) is 11.3 Å². The van der Waals surface area contributed by atoms with E-state index in [0.717, 1.165) is 29.1 Å². The minimum Gasteiger partial charge on any atom is -0.399 e. The number of benzene rings is 1. The fraction of sp³-hybridized carbons (Fsp3) is 0.625. The van der Waals surface area contributed by atoms with Gasteiger partial charge in [-0.05, 0) is 57.0 Å². The van der Waals surface area contributed by atoms with E-state index in [-0.39, 0.29) is 29.8 Å². The highest BCUT2D eigenvalue weighted by molar-refractivity contribution is 7.77. The number of nitrogens with zero attached hydrogens (tertiary/aromatic N) is 2. The van der Waals surface area contributed by atoms with Crippen molar-refractivity contribution in [2.45, 2.75) is 85.5 Å². The summed E-state index contributed by atoms with van der Waals surface area (Å²) in [6.45, 7) is 17.9. The molecule has 1 N–H and O–H groups in total. The second kappa shape index (κ2) is 8.93. The fourth-order valence-electron chi connectivity index (χ4n) is 4.30.